The maximum Gasteiger partial charge on any atom is 0.341 e. The minimum atomic E-state index is -0.449. The summed E-state index contributed by atoms with van der Waals surface area (Å²) >= 11 is 3.64. The van der Waals surface area contributed by atoms with Gasteiger partial charge in [-0.1, -0.05) is 144 Å². The molecule has 0 unspecified atom stereocenters. The second-order valence-corrected chi connectivity index (χ2v) is 20.3. The number of hydrogen-bond donors (Lipinski definition) is 0. The van der Waals surface area contributed by atoms with Crippen LogP contribution in [0.25, 0.3) is 0 Å². The van der Waals surface area contributed by atoms with Crippen molar-refractivity contribution in [1.29, 1.82) is 0 Å². The zero-order valence-electron chi connectivity index (χ0n) is 49.4. The lowest BCUT2D eigenvalue weighted by molar-refractivity contribution is 0.0588. The molecule has 442 valence electrons. The monoisotopic (exact) mass is 1210 g/mol. The van der Waals surface area contributed by atoms with Crippen molar-refractivity contribution in [2.45, 2.75) is 92.3 Å². The number of terminal acetylenes is 1. The Hall–Kier alpha value is -8.86. The van der Waals surface area contributed by atoms with Gasteiger partial charge in [-0.25, -0.2) is 9.59 Å². The summed E-state index contributed by atoms with van der Waals surface area (Å²) in [7, 11) is 2.71. The number of benzene rings is 8. The molecule has 0 bridgehead atoms. The van der Waals surface area contributed by atoms with Crippen LogP contribution in [-0.2, 0) is 48.4 Å². The summed E-state index contributed by atoms with van der Waals surface area (Å²) in [5.41, 5.74) is 7.67. The zero-order valence-corrected chi connectivity index (χ0v) is 51.0. The first-order valence-electron chi connectivity index (χ1n) is 28.9. The van der Waals surface area contributed by atoms with E-state index in [4.69, 9.17) is 53.8 Å². The average Bonchev–Trinajstić information content (AvgIpc) is 3.69. The Morgan fingerprint density at radius 2 is 0.812 bits per heavy atom. The fourth-order valence-electron chi connectivity index (χ4n) is 9.11. The molecule has 0 atom stereocenters. The number of para-hydroxylation sites is 2. The molecular weight excluding hydrogens is 1140 g/mol. The van der Waals surface area contributed by atoms with Gasteiger partial charge < -0.3 is 47.4 Å². The highest BCUT2D eigenvalue weighted by molar-refractivity contribution is 9.10. The lowest BCUT2D eigenvalue weighted by Crippen LogP contribution is -2.08. The van der Waals surface area contributed by atoms with Crippen LogP contribution in [0.1, 0.15) is 113 Å². The van der Waals surface area contributed by atoms with Crippen molar-refractivity contribution >= 4 is 27.9 Å². The van der Waals surface area contributed by atoms with Crippen LogP contribution in [0.4, 0.5) is 0 Å². The lowest BCUT2D eigenvalue weighted by Gasteiger charge is -2.17. The lowest BCUT2D eigenvalue weighted by atomic mass is 10.1. The van der Waals surface area contributed by atoms with Gasteiger partial charge >= 0.3 is 11.9 Å². The van der Waals surface area contributed by atoms with E-state index in [0.717, 1.165) is 105 Å². The van der Waals surface area contributed by atoms with Crippen molar-refractivity contribution in [1.82, 2.24) is 0 Å². The summed E-state index contributed by atoms with van der Waals surface area (Å²) in [6.07, 6.45) is 12.1. The number of esters is 2. The van der Waals surface area contributed by atoms with E-state index in [1.807, 2.05) is 127 Å². The van der Waals surface area contributed by atoms with Crippen LogP contribution in [0.15, 0.2) is 174 Å². The Balaban J connectivity index is 0.000000244. The number of aryl methyl sites for hydroxylation is 2. The molecule has 12 nitrogen and oxygen atoms in total. The van der Waals surface area contributed by atoms with Gasteiger partial charge in [-0.15, -0.1) is 6.42 Å². The van der Waals surface area contributed by atoms with Gasteiger partial charge in [0.2, 0.25) is 0 Å². The molecule has 8 rings (SSSR count). The maximum absolute atomic E-state index is 12.2. The molecule has 0 spiro atoms. The Morgan fingerprint density at radius 3 is 1.25 bits per heavy atom. The third-order valence-corrected chi connectivity index (χ3v) is 14.1. The van der Waals surface area contributed by atoms with Crippen LogP contribution >= 0.6 is 15.9 Å². The predicted octanol–water partition coefficient (Wildman–Crippen LogP) is 17.2. The fraction of sp³-hybridized carbons (Fsp3) is 0.278. The molecule has 13 heteroatoms. The number of hydrogen-bond acceptors (Lipinski definition) is 12. The second-order valence-electron chi connectivity index (χ2n) is 19.5. The maximum atomic E-state index is 12.2. The van der Waals surface area contributed by atoms with Crippen molar-refractivity contribution in [2.24, 2.45) is 0 Å². The minimum Gasteiger partial charge on any atom is -0.493 e. The normalized spacial score (nSPS) is 10.6. The molecule has 0 aliphatic heterocycles. The fourth-order valence-corrected chi connectivity index (χ4v) is 9.62. The quantitative estimate of drug-likeness (QED) is 0.0242. The van der Waals surface area contributed by atoms with Gasteiger partial charge in [0.1, 0.15) is 81.8 Å². The number of rotatable bonds is 30. The number of carbonyl (C=O) groups is 2. The zero-order chi connectivity index (χ0) is 60.2. The van der Waals surface area contributed by atoms with Crippen LogP contribution in [0.5, 0.6) is 57.5 Å². The smallest absolute Gasteiger partial charge is 0.341 e. The van der Waals surface area contributed by atoms with E-state index < -0.39 is 11.9 Å². The molecule has 0 heterocycles. The van der Waals surface area contributed by atoms with Gasteiger partial charge in [-0.2, -0.15) is 0 Å². The molecule has 8 aromatic carbocycles. The first-order valence-corrected chi connectivity index (χ1v) is 29.7. The highest BCUT2D eigenvalue weighted by Crippen LogP contribution is 2.38. The van der Waals surface area contributed by atoms with Crippen LogP contribution in [0, 0.1) is 12.3 Å². The van der Waals surface area contributed by atoms with Crippen LogP contribution < -0.4 is 37.9 Å². The molecule has 0 aliphatic carbocycles. The van der Waals surface area contributed by atoms with Crippen LogP contribution in [-0.4, -0.2) is 52.6 Å². The van der Waals surface area contributed by atoms with Crippen molar-refractivity contribution in [3.05, 3.63) is 224 Å². The van der Waals surface area contributed by atoms with Crippen LogP contribution in [0.3, 0.4) is 0 Å². The highest BCUT2D eigenvalue weighted by Gasteiger charge is 2.20. The molecule has 0 aliphatic rings. The Bertz CT molecular complexity index is 3450. The Kier molecular flexibility index (Phi) is 25.5. The summed E-state index contributed by atoms with van der Waals surface area (Å²) in [6.45, 7) is 11.2. The van der Waals surface area contributed by atoms with E-state index in [9.17, 15) is 9.59 Å². The summed E-state index contributed by atoms with van der Waals surface area (Å²) in [4.78, 5) is 24.5. The van der Waals surface area contributed by atoms with Gasteiger partial charge in [-0.05, 0) is 125 Å². The SMILES string of the molecule is C#Cc1cc(CC)c(OCCCOc2cccc(Oc3ccccc3C(=O)OC)c2CCC)cc1OCc1ccccc1.CCCc1c(OCCCOc2cc(OCc3ccccc3)c(Br)cc2CC)cccc1Oc1ccccc1C(=O)OC. The molecule has 0 aromatic heterocycles. The second kappa shape index (κ2) is 34.0. The molecule has 0 amide bonds. The molecule has 8 aromatic rings. The standard InChI is InChI=1S/C37H38O6.C35H37BrO6/c1-5-15-30-32(20-13-21-33(30)43-34-19-12-11-18-31(34)37(38)39-4)40-22-14-23-41-35-25-36(29(7-3)24-28(35)6-2)42-26-27-16-9-8-10-17-27;1-4-13-27-30(18-11-19-31(27)42-32-17-10-9-16-28(32)35(37)38-3)39-20-12-21-40-33-23-34(29(36)22-26(33)5-2)41-24-25-14-7-6-8-15-25/h3,8-13,16-21,24-25H,5-6,14-15,22-23,26H2,1-2,4H3;6-11,14-19,22-23H,4-5,12-13,20-21,24H2,1-3H3. The van der Waals surface area contributed by atoms with Gasteiger partial charge in [0.25, 0.3) is 0 Å². The van der Waals surface area contributed by atoms with Crippen molar-refractivity contribution < 1.29 is 57.0 Å². The molecular formula is C72H75BrO12. The summed E-state index contributed by atoms with van der Waals surface area (Å²) in [5.74, 6) is 8.50. The molecule has 0 fully saturated rings. The van der Waals surface area contributed by atoms with E-state index >= 15 is 0 Å². The number of methoxy groups -OCH3 is 2. The summed E-state index contributed by atoms with van der Waals surface area (Å²) in [6, 6.07) is 53.5. The van der Waals surface area contributed by atoms with Gasteiger partial charge in [0, 0.05) is 36.1 Å². The molecule has 0 radical (unpaired) electrons. The first kappa shape index (κ1) is 63.7. The largest absolute Gasteiger partial charge is 0.493 e. The van der Waals surface area contributed by atoms with Crippen molar-refractivity contribution in [3.63, 3.8) is 0 Å². The van der Waals surface area contributed by atoms with Gasteiger partial charge in [0.05, 0.1) is 50.7 Å². The van der Waals surface area contributed by atoms with Crippen LogP contribution in [0.2, 0.25) is 0 Å². The van der Waals surface area contributed by atoms with Gasteiger partial charge in [0.15, 0.2) is 0 Å². The van der Waals surface area contributed by atoms with Gasteiger partial charge in [-0.3, -0.25) is 0 Å². The molecule has 0 saturated carbocycles. The third-order valence-electron chi connectivity index (χ3n) is 13.5. The van der Waals surface area contributed by atoms with E-state index in [1.54, 1.807) is 36.4 Å². The topological polar surface area (TPSA) is 126 Å². The van der Waals surface area contributed by atoms with E-state index in [-0.39, 0.29) is 0 Å². The summed E-state index contributed by atoms with van der Waals surface area (Å²) in [5, 5.41) is 0. The average molecular weight is 1210 g/mol. The summed E-state index contributed by atoms with van der Waals surface area (Å²) < 4.78 is 60.1. The third kappa shape index (κ3) is 18.6. The minimum absolute atomic E-state index is 0.367. The molecule has 85 heavy (non-hydrogen) atoms. The Labute approximate surface area is 509 Å². The van der Waals surface area contributed by atoms with E-state index in [0.29, 0.717) is 97.9 Å². The predicted molar refractivity (Wildman–Crippen MR) is 337 cm³/mol. The highest BCUT2D eigenvalue weighted by atomic mass is 79.9. The number of halogens is 1. The van der Waals surface area contributed by atoms with E-state index in [2.05, 4.69) is 55.6 Å². The Morgan fingerprint density at radius 1 is 0.424 bits per heavy atom. The number of carbonyl (C=O) groups excluding carboxylic acids is 2. The first-order chi connectivity index (χ1) is 41.6. The number of ether oxygens (including phenoxy) is 10. The molecule has 0 N–H and O–H groups in total. The van der Waals surface area contributed by atoms with Crippen molar-refractivity contribution in [3.8, 4) is 69.8 Å². The van der Waals surface area contributed by atoms with Crippen molar-refractivity contribution in [2.75, 3.05) is 40.6 Å². The van der Waals surface area contributed by atoms with E-state index in [1.165, 1.54) is 14.2 Å². The molecule has 0 saturated heterocycles.